The van der Waals surface area contributed by atoms with E-state index < -0.39 is 23.8 Å². The second kappa shape index (κ2) is 14.9. The highest BCUT2D eigenvalue weighted by Crippen LogP contribution is 2.25. The van der Waals surface area contributed by atoms with Gasteiger partial charge in [0.2, 0.25) is 11.8 Å². The van der Waals surface area contributed by atoms with Crippen LogP contribution in [0.1, 0.15) is 71.3 Å². The van der Waals surface area contributed by atoms with Crippen LogP contribution in [0.2, 0.25) is 0 Å². The molecule has 2 aliphatic rings. The first-order chi connectivity index (χ1) is 18.2. The van der Waals surface area contributed by atoms with E-state index in [-0.39, 0.29) is 42.2 Å². The topological polar surface area (TPSA) is 90.9 Å². The van der Waals surface area contributed by atoms with Crippen molar-refractivity contribution in [2.24, 2.45) is 11.8 Å². The van der Waals surface area contributed by atoms with E-state index in [1.165, 1.54) is 12.1 Å². The number of likely N-dealkylation sites (tertiary alicyclic amines) is 1. The number of carbonyl (C=O) groups excluding carboxylic acids is 2. The smallest absolute Gasteiger partial charge is 0.227 e. The van der Waals surface area contributed by atoms with Crippen molar-refractivity contribution < 1.29 is 28.2 Å². The molecule has 9 heteroatoms. The van der Waals surface area contributed by atoms with Gasteiger partial charge in [0.05, 0.1) is 24.2 Å². The van der Waals surface area contributed by atoms with E-state index in [4.69, 9.17) is 4.74 Å². The number of amides is 2. The number of nitrogens with zero attached hydrogens (tertiary/aromatic N) is 1. The molecule has 7 nitrogen and oxygen atoms in total. The van der Waals surface area contributed by atoms with Gasteiger partial charge >= 0.3 is 0 Å². The Hall–Kier alpha value is -2.10. The van der Waals surface area contributed by atoms with Gasteiger partial charge < -0.3 is 25.4 Å². The van der Waals surface area contributed by atoms with Crippen molar-refractivity contribution in [2.75, 3.05) is 26.2 Å². The zero-order valence-corrected chi connectivity index (χ0v) is 23.1. The van der Waals surface area contributed by atoms with Crippen LogP contribution in [0.15, 0.2) is 18.2 Å². The quantitative estimate of drug-likeness (QED) is 0.298. The number of hydrogen-bond acceptors (Lipinski definition) is 5. The summed E-state index contributed by atoms with van der Waals surface area (Å²) in [6.45, 7) is 8.17. The fourth-order valence-electron chi connectivity index (χ4n) is 5.51. The van der Waals surface area contributed by atoms with Crippen molar-refractivity contribution in [1.29, 1.82) is 0 Å². The van der Waals surface area contributed by atoms with Crippen LogP contribution in [-0.2, 0) is 20.7 Å². The predicted molar refractivity (Wildman–Crippen MR) is 142 cm³/mol. The minimum absolute atomic E-state index is 0.00705. The van der Waals surface area contributed by atoms with E-state index in [0.717, 1.165) is 44.6 Å². The lowest BCUT2D eigenvalue weighted by atomic mass is 9.90. The number of nitrogens with one attached hydrogen (secondary N) is 2. The number of benzene rings is 1. The number of unbranched alkanes of at least 4 members (excludes halogenated alkanes) is 1. The second-order valence-electron chi connectivity index (χ2n) is 10.9. The summed E-state index contributed by atoms with van der Waals surface area (Å²) in [7, 11) is 0. The number of aliphatic hydroxyl groups excluding tert-OH is 1. The van der Waals surface area contributed by atoms with Gasteiger partial charge in [0.1, 0.15) is 11.6 Å². The Balaban J connectivity index is 1.63. The van der Waals surface area contributed by atoms with E-state index in [1.54, 1.807) is 4.90 Å². The highest BCUT2D eigenvalue weighted by Gasteiger charge is 2.40. The minimum atomic E-state index is -0.985. The van der Waals surface area contributed by atoms with Gasteiger partial charge in [-0.25, -0.2) is 8.78 Å². The third-order valence-corrected chi connectivity index (χ3v) is 7.69. The normalized spacial score (nSPS) is 21.4. The number of ether oxygens (including phenoxy) is 1. The Bertz CT molecular complexity index is 886. The summed E-state index contributed by atoms with van der Waals surface area (Å²) >= 11 is 0. The fraction of sp³-hybridized carbons (Fsp3) is 0.724. The molecule has 3 rings (SSSR count). The lowest BCUT2D eigenvalue weighted by Crippen LogP contribution is -2.60. The number of halogens is 2. The third kappa shape index (κ3) is 8.45. The zero-order chi connectivity index (χ0) is 27.7. The molecule has 0 saturated carbocycles. The summed E-state index contributed by atoms with van der Waals surface area (Å²) in [5, 5.41) is 17.5. The lowest BCUT2D eigenvalue weighted by molar-refractivity contribution is -0.147. The van der Waals surface area contributed by atoms with Crippen LogP contribution in [0, 0.1) is 23.5 Å². The summed E-state index contributed by atoms with van der Waals surface area (Å²) in [5.41, 5.74) is 0.355. The summed E-state index contributed by atoms with van der Waals surface area (Å²) in [6, 6.07) is 2.16. The summed E-state index contributed by atoms with van der Waals surface area (Å²) in [6.07, 6.45) is 5.20. The highest BCUT2D eigenvalue weighted by molar-refractivity contribution is 5.85. The minimum Gasteiger partial charge on any atom is -0.389 e. The van der Waals surface area contributed by atoms with Gasteiger partial charge in [0.15, 0.2) is 0 Å². The molecule has 2 aliphatic heterocycles. The van der Waals surface area contributed by atoms with Crippen LogP contribution in [0.25, 0.3) is 0 Å². The van der Waals surface area contributed by atoms with Gasteiger partial charge in [0, 0.05) is 44.3 Å². The Morgan fingerprint density at radius 2 is 1.76 bits per heavy atom. The standard InChI is InChI=1S/C29H45F2N3O4/c1-4-7-10-38-24-15-25(32-16-24)27(35)26(13-19-11-22(30)14-23(31)12-19)33-28(36)21-17-34(18-21)29(37)20(8-5-2)9-6-3/h11-12,14,20-21,24-27,32,35H,4-10,13,15-18H2,1-3H3,(H,33,36)/t24-,25-,26+,27-/m1/s1. The molecule has 0 spiro atoms. The molecule has 38 heavy (non-hydrogen) atoms. The molecule has 3 N–H and O–H groups in total. The maximum atomic E-state index is 13.9. The van der Waals surface area contributed by atoms with Crippen molar-refractivity contribution in [2.45, 2.75) is 96.4 Å². The summed E-state index contributed by atoms with van der Waals surface area (Å²) in [5.74, 6) is -1.94. The van der Waals surface area contributed by atoms with Crippen LogP contribution in [0.5, 0.6) is 0 Å². The van der Waals surface area contributed by atoms with E-state index in [1.807, 2.05) is 0 Å². The molecule has 2 saturated heterocycles. The molecule has 1 aromatic carbocycles. The van der Waals surface area contributed by atoms with E-state index in [0.29, 0.717) is 38.2 Å². The zero-order valence-electron chi connectivity index (χ0n) is 23.1. The molecular formula is C29H45F2N3O4. The molecule has 214 valence electrons. The summed E-state index contributed by atoms with van der Waals surface area (Å²) in [4.78, 5) is 27.8. The number of aliphatic hydroxyl groups is 1. The molecule has 2 heterocycles. The average molecular weight is 538 g/mol. The Morgan fingerprint density at radius 1 is 1.11 bits per heavy atom. The van der Waals surface area contributed by atoms with E-state index >= 15 is 0 Å². The van der Waals surface area contributed by atoms with Crippen molar-refractivity contribution >= 4 is 11.8 Å². The van der Waals surface area contributed by atoms with Crippen LogP contribution in [-0.4, -0.2) is 72.4 Å². The lowest BCUT2D eigenvalue weighted by Gasteiger charge is -2.41. The van der Waals surface area contributed by atoms with Gasteiger partial charge in [-0.3, -0.25) is 9.59 Å². The van der Waals surface area contributed by atoms with Crippen LogP contribution in [0.3, 0.4) is 0 Å². The van der Waals surface area contributed by atoms with Crippen LogP contribution in [0.4, 0.5) is 8.78 Å². The van der Waals surface area contributed by atoms with Gasteiger partial charge in [-0.05, 0) is 49.8 Å². The van der Waals surface area contributed by atoms with Gasteiger partial charge in [-0.1, -0.05) is 40.0 Å². The molecular weight excluding hydrogens is 492 g/mol. The maximum Gasteiger partial charge on any atom is 0.227 e. The molecule has 4 atom stereocenters. The Labute approximate surface area is 225 Å². The molecule has 0 aromatic heterocycles. The predicted octanol–water partition coefficient (Wildman–Crippen LogP) is 3.58. The van der Waals surface area contributed by atoms with Crippen molar-refractivity contribution in [3.05, 3.63) is 35.4 Å². The fourth-order valence-corrected chi connectivity index (χ4v) is 5.51. The van der Waals surface area contributed by atoms with Crippen LogP contribution >= 0.6 is 0 Å². The maximum absolute atomic E-state index is 13.9. The highest BCUT2D eigenvalue weighted by atomic mass is 19.1. The number of hydrogen-bond donors (Lipinski definition) is 3. The molecule has 0 aliphatic carbocycles. The number of rotatable bonds is 15. The molecule has 1 aromatic rings. The third-order valence-electron chi connectivity index (χ3n) is 7.69. The monoisotopic (exact) mass is 537 g/mol. The van der Waals surface area contributed by atoms with E-state index in [9.17, 15) is 23.5 Å². The molecule has 0 unspecified atom stereocenters. The van der Waals surface area contributed by atoms with E-state index in [2.05, 4.69) is 31.4 Å². The Kier molecular flexibility index (Phi) is 11.9. The molecule has 0 bridgehead atoms. The van der Waals surface area contributed by atoms with Crippen molar-refractivity contribution in [3.63, 3.8) is 0 Å². The molecule has 2 amide bonds. The molecule has 2 fully saturated rings. The van der Waals surface area contributed by atoms with Crippen molar-refractivity contribution in [3.8, 4) is 0 Å². The number of carbonyl (C=O) groups is 2. The first-order valence-electron chi connectivity index (χ1n) is 14.3. The first kappa shape index (κ1) is 30.4. The van der Waals surface area contributed by atoms with Gasteiger partial charge in [0.25, 0.3) is 0 Å². The van der Waals surface area contributed by atoms with Gasteiger partial charge in [-0.15, -0.1) is 0 Å². The van der Waals surface area contributed by atoms with Crippen molar-refractivity contribution in [1.82, 2.24) is 15.5 Å². The average Bonchev–Trinajstić information content (AvgIpc) is 3.30. The Morgan fingerprint density at radius 3 is 2.37 bits per heavy atom. The first-order valence-corrected chi connectivity index (χ1v) is 14.3. The van der Waals surface area contributed by atoms with Crippen LogP contribution < -0.4 is 10.6 Å². The second-order valence-corrected chi connectivity index (χ2v) is 10.9. The SMILES string of the molecule is CCCCO[C@H]1CN[C@@H]([C@@H](O)[C@H](Cc2cc(F)cc(F)c2)NC(=O)C2CN(C(=O)C(CCC)CCC)C2)C1. The summed E-state index contributed by atoms with van der Waals surface area (Å²) < 4.78 is 33.6. The largest absolute Gasteiger partial charge is 0.389 e. The van der Waals surface area contributed by atoms with Gasteiger partial charge in [-0.2, -0.15) is 0 Å². The molecule has 0 radical (unpaired) electrons.